The van der Waals surface area contributed by atoms with Crippen molar-refractivity contribution in [2.45, 2.75) is 32.6 Å². The average molecular weight is 421 g/mol. The van der Waals surface area contributed by atoms with E-state index in [0.29, 0.717) is 15.7 Å². The molecule has 2 aliphatic rings. The van der Waals surface area contributed by atoms with Gasteiger partial charge in [0, 0.05) is 34.5 Å². The monoisotopic (exact) mass is 419 g/mol. The van der Waals surface area contributed by atoms with E-state index in [-0.39, 0.29) is 18.3 Å². The summed E-state index contributed by atoms with van der Waals surface area (Å²) >= 11 is 13.5. The van der Waals surface area contributed by atoms with Crippen LogP contribution in [0.3, 0.4) is 0 Å². The van der Waals surface area contributed by atoms with Crippen LogP contribution in [0.15, 0.2) is 33.8 Å². The Labute approximate surface area is 168 Å². The number of amides is 1. The summed E-state index contributed by atoms with van der Waals surface area (Å²) in [5.41, 5.74) is 1.69. The van der Waals surface area contributed by atoms with Crippen molar-refractivity contribution in [2.24, 2.45) is 4.99 Å². The smallest absolute Gasteiger partial charge is 0.264 e. The summed E-state index contributed by atoms with van der Waals surface area (Å²) in [5.74, 6) is -0.124. The normalized spacial score (nSPS) is 16.3. The van der Waals surface area contributed by atoms with E-state index in [1.54, 1.807) is 18.2 Å². The lowest BCUT2D eigenvalue weighted by molar-refractivity contribution is -0.112. The fraction of sp³-hybridized carbons (Fsp3) is 0.412. The van der Waals surface area contributed by atoms with E-state index < -0.39 is 0 Å². The van der Waals surface area contributed by atoms with Crippen LogP contribution in [0.2, 0.25) is 10.0 Å². The van der Waals surface area contributed by atoms with E-state index in [9.17, 15) is 4.79 Å². The molecule has 8 heteroatoms. The van der Waals surface area contributed by atoms with E-state index in [0.717, 1.165) is 54.5 Å². The van der Waals surface area contributed by atoms with E-state index in [1.165, 1.54) is 11.8 Å². The lowest BCUT2D eigenvalue weighted by Crippen LogP contribution is -2.29. The second-order valence-corrected chi connectivity index (χ2v) is 7.61. The lowest BCUT2D eigenvalue weighted by Gasteiger charge is -2.25. The number of carbonyl (C=O) groups excluding carboxylic acids is 1. The van der Waals surface area contributed by atoms with Gasteiger partial charge < -0.3 is 10.2 Å². The number of hydrogen-bond donors (Lipinski definition) is 1. The molecule has 3 rings (SSSR count). The number of carbonyl (C=O) groups is 1. The molecule has 1 aromatic carbocycles. The summed E-state index contributed by atoms with van der Waals surface area (Å²) < 4.78 is 0. The van der Waals surface area contributed by atoms with Gasteiger partial charge in [0.1, 0.15) is 0 Å². The number of rotatable bonds is 5. The molecule has 1 aromatic rings. The van der Waals surface area contributed by atoms with E-state index in [4.69, 9.17) is 23.2 Å². The molecule has 25 heavy (non-hydrogen) atoms. The Balaban J connectivity index is 0.00000225. The molecule has 4 nitrogen and oxygen atoms in total. The first kappa shape index (κ1) is 20.4. The van der Waals surface area contributed by atoms with Crippen LogP contribution >= 0.6 is 47.4 Å². The molecule has 0 fully saturated rings. The van der Waals surface area contributed by atoms with Crippen LogP contribution in [0, 0.1) is 0 Å². The fourth-order valence-electron chi connectivity index (χ4n) is 2.78. The zero-order valence-electron chi connectivity index (χ0n) is 13.8. The summed E-state index contributed by atoms with van der Waals surface area (Å²) in [6.07, 6.45) is 4.06. The summed E-state index contributed by atoms with van der Waals surface area (Å²) in [4.78, 5) is 20.3. The minimum atomic E-state index is -0.124. The number of allylic oxidation sites excluding steroid dienone is 1. The molecule has 0 bridgehead atoms. The predicted molar refractivity (Wildman–Crippen MR) is 110 cm³/mol. The van der Waals surface area contributed by atoms with Gasteiger partial charge in [-0.2, -0.15) is 0 Å². The Kier molecular flexibility index (Phi) is 7.50. The third kappa shape index (κ3) is 4.85. The van der Waals surface area contributed by atoms with Crippen molar-refractivity contribution in [3.63, 3.8) is 0 Å². The lowest BCUT2D eigenvalue weighted by atomic mass is 10.1. The molecule has 136 valence electrons. The van der Waals surface area contributed by atoms with Crippen LogP contribution in [-0.2, 0) is 4.79 Å². The van der Waals surface area contributed by atoms with Gasteiger partial charge in [-0.15, -0.1) is 12.4 Å². The van der Waals surface area contributed by atoms with Gasteiger partial charge in [-0.05, 0) is 49.2 Å². The van der Waals surface area contributed by atoms with Gasteiger partial charge in [-0.3, -0.25) is 9.79 Å². The topological polar surface area (TPSA) is 44.7 Å². The number of amidine groups is 1. The molecule has 0 saturated heterocycles. The average Bonchev–Trinajstić information content (AvgIpc) is 2.90. The predicted octanol–water partition coefficient (Wildman–Crippen LogP) is 5.56. The van der Waals surface area contributed by atoms with Gasteiger partial charge in [0.25, 0.3) is 5.91 Å². The molecule has 0 saturated carbocycles. The van der Waals surface area contributed by atoms with E-state index in [1.807, 2.05) is 0 Å². The molecule has 0 unspecified atom stereocenters. The van der Waals surface area contributed by atoms with Crippen molar-refractivity contribution in [1.29, 1.82) is 0 Å². The van der Waals surface area contributed by atoms with E-state index >= 15 is 0 Å². The van der Waals surface area contributed by atoms with Gasteiger partial charge in [-0.1, -0.05) is 36.5 Å². The number of benzene rings is 1. The quantitative estimate of drug-likeness (QED) is 0.678. The number of anilines is 1. The fourth-order valence-corrected chi connectivity index (χ4v) is 4.43. The number of halogens is 3. The van der Waals surface area contributed by atoms with Crippen LogP contribution in [0.4, 0.5) is 5.69 Å². The Hall–Kier alpha value is -0.880. The van der Waals surface area contributed by atoms with Gasteiger partial charge in [0.05, 0.1) is 4.91 Å². The highest BCUT2D eigenvalue weighted by molar-refractivity contribution is 8.18. The number of unbranched alkanes of at least 4 members (excludes halogenated alkanes) is 1. The molecule has 0 radical (unpaired) electrons. The first-order valence-electron chi connectivity index (χ1n) is 8.09. The summed E-state index contributed by atoms with van der Waals surface area (Å²) in [5, 5.41) is 4.86. The van der Waals surface area contributed by atoms with Crippen LogP contribution in [0.1, 0.15) is 32.6 Å². The first-order chi connectivity index (χ1) is 11.6. The Bertz CT molecular complexity index is 701. The maximum Gasteiger partial charge on any atom is 0.264 e. The number of thioether (sulfide) groups is 1. The third-order valence-electron chi connectivity index (χ3n) is 3.89. The highest BCUT2D eigenvalue weighted by Gasteiger charge is 2.33. The van der Waals surface area contributed by atoms with Crippen LogP contribution in [0.5, 0.6) is 0 Å². The second kappa shape index (κ2) is 9.17. The number of nitrogens with zero attached hydrogens (tertiary/aromatic N) is 2. The molecule has 0 spiro atoms. The molecule has 0 aromatic heterocycles. The molecule has 0 aliphatic carbocycles. The summed E-state index contributed by atoms with van der Waals surface area (Å²) in [7, 11) is 0. The van der Waals surface area contributed by atoms with Crippen LogP contribution < -0.4 is 5.32 Å². The standard InChI is InChI=1S/C17H19Cl2N3OS.ClH/c1-2-3-5-14-15(24-17-20-6-4-7-22(14)17)16(23)21-13-9-11(18)8-12(19)10-13;/h8-10H,2-7H2,1H3,(H,21,23);1H. The van der Waals surface area contributed by atoms with Crippen LogP contribution in [-0.4, -0.2) is 29.1 Å². The molecular formula is C17H20Cl3N3OS. The number of hydrogen-bond acceptors (Lipinski definition) is 4. The highest BCUT2D eigenvalue weighted by Crippen LogP contribution is 2.39. The largest absolute Gasteiger partial charge is 0.323 e. The maximum atomic E-state index is 12.8. The number of nitrogens with one attached hydrogen (secondary N) is 1. The summed E-state index contributed by atoms with van der Waals surface area (Å²) in [6, 6.07) is 5.04. The van der Waals surface area contributed by atoms with Gasteiger partial charge >= 0.3 is 0 Å². The first-order valence-corrected chi connectivity index (χ1v) is 9.66. The number of fused-ring (bicyclic) bond motifs is 1. The van der Waals surface area contributed by atoms with Crippen molar-refractivity contribution in [1.82, 2.24) is 4.90 Å². The molecule has 0 atom stereocenters. The molecular weight excluding hydrogens is 401 g/mol. The third-order valence-corrected chi connectivity index (χ3v) is 5.49. The zero-order chi connectivity index (χ0) is 17.1. The molecule has 2 heterocycles. The Morgan fingerprint density at radius 2 is 2.04 bits per heavy atom. The van der Waals surface area contributed by atoms with Gasteiger partial charge in [0.2, 0.25) is 0 Å². The summed E-state index contributed by atoms with van der Waals surface area (Å²) in [6.45, 7) is 3.92. The highest BCUT2D eigenvalue weighted by atomic mass is 35.5. The number of aliphatic imine (C=N–C) groups is 1. The van der Waals surface area contributed by atoms with Gasteiger partial charge in [0.15, 0.2) is 5.17 Å². The SMILES string of the molecule is CCCCC1=C(C(=O)Nc2cc(Cl)cc(Cl)c2)SC2=NCCCN21.Cl. The Morgan fingerprint density at radius 1 is 1.32 bits per heavy atom. The minimum Gasteiger partial charge on any atom is -0.323 e. The zero-order valence-corrected chi connectivity index (χ0v) is 17.0. The van der Waals surface area contributed by atoms with Crippen molar-refractivity contribution in [3.05, 3.63) is 38.8 Å². The van der Waals surface area contributed by atoms with Crippen molar-refractivity contribution in [3.8, 4) is 0 Å². The Morgan fingerprint density at radius 3 is 2.72 bits per heavy atom. The molecule has 2 aliphatic heterocycles. The van der Waals surface area contributed by atoms with Crippen molar-refractivity contribution in [2.75, 3.05) is 18.4 Å². The second-order valence-electron chi connectivity index (χ2n) is 5.76. The molecule has 1 amide bonds. The molecule has 1 N–H and O–H groups in total. The van der Waals surface area contributed by atoms with Crippen molar-refractivity contribution < 1.29 is 4.79 Å². The maximum absolute atomic E-state index is 12.8. The van der Waals surface area contributed by atoms with Crippen molar-refractivity contribution >= 4 is 64.1 Å². The van der Waals surface area contributed by atoms with E-state index in [2.05, 4.69) is 22.1 Å². The van der Waals surface area contributed by atoms with Crippen LogP contribution in [0.25, 0.3) is 0 Å². The minimum absolute atomic E-state index is 0. The van der Waals surface area contributed by atoms with Gasteiger partial charge in [-0.25, -0.2) is 0 Å².